The molecule has 1 aliphatic carbocycles. The molecule has 1 aliphatic heterocycles. The first-order valence-electron chi connectivity index (χ1n) is 7.84. The summed E-state index contributed by atoms with van der Waals surface area (Å²) in [6.45, 7) is 5.01. The van der Waals surface area contributed by atoms with Gasteiger partial charge < -0.3 is 15.0 Å². The van der Waals surface area contributed by atoms with E-state index in [2.05, 4.69) is 15.5 Å². The lowest BCUT2D eigenvalue weighted by molar-refractivity contribution is -0.122. The third kappa shape index (κ3) is 3.40. The van der Waals surface area contributed by atoms with Crippen molar-refractivity contribution in [2.75, 3.05) is 13.1 Å². The van der Waals surface area contributed by atoms with Crippen molar-refractivity contribution in [1.29, 1.82) is 0 Å². The first-order valence-corrected chi connectivity index (χ1v) is 7.84. The van der Waals surface area contributed by atoms with Gasteiger partial charge in [0.05, 0.1) is 6.10 Å². The van der Waals surface area contributed by atoms with Gasteiger partial charge in [0.2, 0.25) is 11.8 Å². The molecule has 7 heteroatoms. The number of hydrogen-bond donors (Lipinski definition) is 2. The quantitative estimate of drug-likeness (QED) is 0.847. The maximum absolute atomic E-state index is 12.4. The molecule has 0 spiro atoms. The topological polar surface area (TPSA) is 87.3 Å². The number of ether oxygens (including phenoxy) is 1. The standard InChI is InChI=1S/C15H22N4O3/c1-9(2)22-13-7-12(17-18-13)15(21)19-6-5-11(8-19)16-14(20)10-3-4-10/h7,9-11H,3-6,8H2,1-2H3,(H,16,20)(H,17,18). The zero-order valence-electron chi connectivity index (χ0n) is 13.0. The molecule has 0 bridgehead atoms. The van der Waals surface area contributed by atoms with Crippen molar-refractivity contribution in [2.24, 2.45) is 5.92 Å². The number of rotatable bonds is 5. The number of carbonyl (C=O) groups is 2. The predicted octanol–water partition coefficient (Wildman–Crippen LogP) is 0.938. The predicted molar refractivity (Wildman–Crippen MR) is 79.5 cm³/mol. The normalized spacial score (nSPS) is 21.2. The van der Waals surface area contributed by atoms with E-state index in [1.165, 1.54) is 0 Å². The van der Waals surface area contributed by atoms with Crippen LogP contribution in [0.5, 0.6) is 5.88 Å². The Kier molecular flexibility index (Phi) is 4.04. The molecule has 1 aromatic rings. The van der Waals surface area contributed by atoms with Gasteiger partial charge >= 0.3 is 0 Å². The number of amides is 2. The van der Waals surface area contributed by atoms with Crippen LogP contribution in [-0.4, -0.2) is 52.1 Å². The molecule has 2 amide bonds. The van der Waals surface area contributed by atoms with Gasteiger partial charge in [-0.2, -0.15) is 0 Å². The SMILES string of the molecule is CC(C)Oc1cc(C(=O)N2CCC(NC(=O)C3CC3)C2)[nH]n1. The summed E-state index contributed by atoms with van der Waals surface area (Å²) in [4.78, 5) is 25.9. The zero-order chi connectivity index (χ0) is 15.7. The highest BCUT2D eigenvalue weighted by Gasteiger charge is 2.34. The third-order valence-electron chi connectivity index (χ3n) is 3.91. The molecule has 3 rings (SSSR count). The van der Waals surface area contributed by atoms with Crippen LogP contribution in [0.1, 0.15) is 43.6 Å². The highest BCUT2D eigenvalue weighted by molar-refractivity contribution is 5.93. The Morgan fingerprint density at radius 3 is 2.86 bits per heavy atom. The molecule has 22 heavy (non-hydrogen) atoms. The van der Waals surface area contributed by atoms with Crippen LogP contribution in [0.3, 0.4) is 0 Å². The number of nitrogens with one attached hydrogen (secondary N) is 2. The monoisotopic (exact) mass is 306 g/mol. The molecule has 2 fully saturated rings. The van der Waals surface area contributed by atoms with Crippen LogP contribution in [0.2, 0.25) is 0 Å². The average molecular weight is 306 g/mol. The minimum absolute atomic E-state index is 0.0139. The van der Waals surface area contributed by atoms with Crippen molar-refractivity contribution < 1.29 is 14.3 Å². The van der Waals surface area contributed by atoms with Crippen molar-refractivity contribution >= 4 is 11.8 Å². The molecule has 0 radical (unpaired) electrons. The molecular weight excluding hydrogens is 284 g/mol. The summed E-state index contributed by atoms with van der Waals surface area (Å²) in [5.74, 6) is 0.659. The van der Waals surface area contributed by atoms with Gasteiger partial charge in [0.15, 0.2) is 0 Å². The first kappa shape index (κ1) is 14.9. The number of hydrogen-bond acceptors (Lipinski definition) is 4. The Bertz CT molecular complexity index is 565. The molecule has 1 atom stereocenters. The highest BCUT2D eigenvalue weighted by Crippen LogP contribution is 2.29. The number of aromatic amines is 1. The van der Waals surface area contributed by atoms with Crippen LogP contribution in [-0.2, 0) is 4.79 Å². The average Bonchev–Trinajstić information content (AvgIpc) is 3.06. The molecule has 120 valence electrons. The number of likely N-dealkylation sites (tertiary alicyclic amines) is 1. The zero-order valence-corrected chi connectivity index (χ0v) is 13.0. The van der Waals surface area contributed by atoms with E-state index in [-0.39, 0.29) is 29.9 Å². The van der Waals surface area contributed by atoms with Crippen LogP contribution < -0.4 is 10.1 Å². The molecule has 1 saturated carbocycles. The van der Waals surface area contributed by atoms with Crippen molar-refractivity contribution in [3.8, 4) is 5.88 Å². The second-order valence-corrected chi connectivity index (χ2v) is 6.31. The Labute approximate surface area is 129 Å². The number of H-pyrrole nitrogens is 1. The number of nitrogens with zero attached hydrogens (tertiary/aromatic N) is 2. The second-order valence-electron chi connectivity index (χ2n) is 6.31. The molecule has 2 N–H and O–H groups in total. The summed E-state index contributed by atoms with van der Waals surface area (Å²) >= 11 is 0. The fourth-order valence-corrected chi connectivity index (χ4v) is 2.61. The van der Waals surface area contributed by atoms with E-state index in [1.807, 2.05) is 13.8 Å². The van der Waals surface area contributed by atoms with Gasteiger partial charge in [-0.1, -0.05) is 0 Å². The summed E-state index contributed by atoms with van der Waals surface area (Å²) in [5, 5.41) is 9.73. The summed E-state index contributed by atoms with van der Waals surface area (Å²) < 4.78 is 5.44. The molecule has 0 aromatic carbocycles. The fourth-order valence-electron chi connectivity index (χ4n) is 2.61. The fraction of sp³-hybridized carbons (Fsp3) is 0.667. The summed E-state index contributed by atoms with van der Waals surface area (Å²) in [5.41, 5.74) is 0.421. The number of carbonyl (C=O) groups excluding carboxylic acids is 2. The third-order valence-corrected chi connectivity index (χ3v) is 3.91. The molecule has 1 saturated heterocycles. The summed E-state index contributed by atoms with van der Waals surface area (Å²) in [6.07, 6.45) is 2.80. The van der Waals surface area contributed by atoms with E-state index >= 15 is 0 Å². The maximum Gasteiger partial charge on any atom is 0.272 e. The Hall–Kier alpha value is -2.05. The first-order chi connectivity index (χ1) is 10.5. The summed E-state index contributed by atoms with van der Waals surface area (Å²) in [7, 11) is 0. The number of aromatic nitrogens is 2. The van der Waals surface area contributed by atoms with E-state index < -0.39 is 0 Å². The van der Waals surface area contributed by atoms with Crippen molar-refractivity contribution in [3.05, 3.63) is 11.8 Å². The van der Waals surface area contributed by atoms with Crippen LogP contribution in [0, 0.1) is 5.92 Å². The smallest absolute Gasteiger partial charge is 0.272 e. The lowest BCUT2D eigenvalue weighted by Gasteiger charge is -2.16. The summed E-state index contributed by atoms with van der Waals surface area (Å²) in [6, 6.07) is 1.68. The van der Waals surface area contributed by atoms with Crippen molar-refractivity contribution in [3.63, 3.8) is 0 Å². The molecule has 1 aromatic heterocycles. The largest absolute Gasteiger partial charge is 0.474 e. The lowest BCUT2D eigenvalue weighted by atomic mass is 10.2. The Balaban J connectivity index is 1.54. The van der Waals surface area contributed by atoms with Crippen LogP contribution in [0.4, 0.5) is 0 Å². The lowest BCUT2D eigenvalue weighted by Crippen LogP contribution is -2.39. The second kappa shape index (κ2) is 5.98. The van der Waals surface area contributed by atoms with Crippen LogP contribution in [0.25, 0.3) is 0 Å². The highest BCUT2D eigenvalue weighted by atomic mass is 16.5. The molecule has 2 heterocycles. The molecule has 2 aliphatic rings. The van der Waals surface area contributed by atoms with E-state index in [0.717, 1.165) is 19.3 Å². The van der Waals surface area contributed by atoms with E-state index in [1.54, 1.807) is 11.0 Å². The maximum atomic E-state index is 12.4. The van der Waals surface area contributed by atoms with E-state index in [0.29, 0.717) is 24.7 Å². The van der Waals surface area contributed by atoms with Crippen LogP contribution in [0.15, 0.2) is 6.07 Å². The van der Waals surface area contributed by atoms with Crippen LogP contribution >= 0.6 is 0 Å². The minimum atomic E-state index is -0.103. The van der Waals surface area contributed by atoms with Gasteiger partial charge in [-0.3, -0.25) is 14.7 Å². The Morgan fingerprint density at radius 1 is 1.41 bits per heavy atom. The van der Waals surface area contributed by atoms with E-state index in [9.17, 15) is 9.59 Å². The van der Waals surface area contributed by atoms with Gasteiger partial charge in [-0.15, -0.1) is 5.10 Å². The molecule has 7 nitrogen and oxygen atoms in total. The molecular formula is C15H22N4O3. The van der Waals surface area contributed by atoms with Crippen molar-refractivity contribution in [1.82, 2.24) is 20.4 Å². The van der Waals surface area contributed by atoms with Crippen molar-refractivity contribution in [2.45, 2.75) is 45.3 Å². The van der Waals surface area contributed by atoms with Gasteiger partial charge in [-0.25, -0.2) is 0 Å². The van der Waals surface area contributed by atoms with Gasteiger partial charge in [-0.05, 0) is 33.1 Å². The molecule has 1 unspecified atom stereocenters. The minimum Gasteiger partial charge on any atom is -0.474 e. The van der Waals surface area contributed by atoms with Gasteiger partial charge in [0.25, 0.3) is 5.91 Å². The Morgan fingerprint density at radius 2 is 2.18 bits per heavy atom. The van der Waals surface area contributed by atoms with Gasteiger partial charge in [0, 0.05) is 31.1 Å². The van der Waals surface area contributed by atoms with Gasteiger partial charge in [0.1, 0.15) is 5.69 Å². The van der Waals surface area contributed by atoms with E-state index in [4.69, 9.17) is 4.74 Å².